The van der Waals surface area contributed by atoms with Crippen LogP contribution in [0.15, 0.2) is 36.5 Å². The van der Waals surface area contributed by atoms with Gasteiger partial charge in [0.25, 0.3) is 0 Å². The van der Waals surface area contributed by atoms with Crippen LogP contribution in [0.1, 0.15) is 43.0 Å². The summed E-state index contributed by atoms with van der Waals surface area (Å²) in [4.78, 5) is 20.4. The second-order valence-corrected chi connectivity index (χ2v) is 5.81. The molecular weight excluding hydrogens is 304 g/mol. The monoisotopic (exact) mass is 326 g/mol. The maximum absolute atomic E-state index is 11.6. The summed E-state index contributed by atoms with van der Waals surface area (Å²) >= 11 is 0. The molecule has 0 radical (unpaired) electrons. The number of carbonyl (C=O) groups excluding carboxylic acids is 1. The van der Waals surface area contributed by atoms with Crippen LogP contribution in [0.5, 0.6) is 0 Å². The fourth-order valence-corrected chi connectivity index (χ4v) is 2.81. The van der Waals surface area contributed by atoms with Crippen molar-refractivity contribution < 1.29 is 9.53 Å². The molecule has 1 fully saturated rings. The summed E-state index contributed by atoms with van der Waals surface area (Å²) in [5, 5.41) is 6.61. The lowest BCUT2D eigenvalue weighted by Gasteiger charge is -2.13. The van der Waals surface area contributed by atoms with Crippen molar-refractivity contribution in [3.63, 3.8) is 0 Å². The molecule has 1 saturated carbocycles. The first kappa shape index (κ1) is 16.2. The van der Waals surface area contributed by atoms with Gasteiger partial charge in [0.2, 0.25) is 5.95 Å². The molecule has 1 aliphatic rings. The largest absolute Gasteiger partial charge is 0.462 e. The highest BCUT2D eigenvalue weighted by molar-refractivity contribution is 5.89. The van der Waals surface area contributed by atoms with Crippen LogP contribution in [-0.2, 0) is 4.74 Å². The van der Waals surface area contributed by atoms with Crippen molar-refractivity contribution >= 4 is 23.4 Å². The van der Waals surface area contributed by atoms with Gasteiger partial charge in [0, 0.05) is 17.9 Å². The molecule has 0 amide bonds. The molecule has 1 aromatic carbocycles. The van der Waals surface area contributed by atoms with Gasteiger partial charge in [0.1, 0.15) is 5.82 Å². The molecule has 0 spiro atoms. The van der Waals surface area contributed by atoms with Crippen molar-refractivity contribution in [3.05, 3.63) is 42.1 Å². The lowest BCUT2D eigenvalue weighted by Crippen LogP contribution is -2.15. The second kappa shape index (κ2) is 7.77. The Kier molecular flexibility index (Phi) is 5.25. The van der Waals surface area contributed by atoms with Crippen molar-refractivity contribution in [2.45, 2.75) is 38.6 Å². The number of ether oxygens (including phenoxy) is 1. The molecule has 3 rings (SSSR count). The normalized spacial score (nSPS) is 14.4. The van der Waals surface area contributed by atoms with Gasteiger partial charge in [-0.1, -0.05) is 12.8 Å². The molecule has 126 valence electrons. The van der Waals surface area contributed by atoms with Crippen LogP contribution < -0.4 is 10.6 Å². The van der Waals surface area contributed by atoms with E-state index in [1.807, 2.05) is 18.2 Å². The van der Waals surface area contributed by atoms with Crippen LogP contribution in [0.3, 0.4) is 0 Å². The van der Waals surface area contributed by atoms with Crippen LogP contribution >= 0.6 is 0 Å². The number of aromatic nitrogens is 2. The Morgan fingerprint density at radius 1 is 1.21 bits per heavy atom. The van der Waals surface area contributed by atoms with Crippen molar-refractivity contribution in [1.29, 1.82) is 0 Å². The molecule has 0 aliphatic heterocycles. The summed E-state index contributed by atoms with van der Waals surface area (Å²) in [7, 11) is 0. The predicted molar refractivity (Wildman–Crippen MR) is 93.6 cm³/mol. The summed E-state index contributed by atoms with van der Waals surface area (Å²) in [5.74, 6) is 1.05. The highest BCUT2D eigenvalue weighted by atomic mass is 16.5. The predicted octanol–water partition coefficient (Wildman–Crippen LogP) is 3.75. The number of benzene rings is 1. The highest BCUT2D eigenvalue weighted by Crippen LogP contribution is 2.22. The van der Waals surface area contributed by atoms with Crippen molar-refractivity contribution in [1.82, 2.24) is 9.97 Å². The molecule has 1 heterocycles. The Labute approximate surface area is 141 Å². The maximum Gasteiger partial charge on any atom is 0.338 e. The van der Waals surface area contributed by atoms with Crippen LogP contribution in [0.4, 0.5) is 17.5 Å². The Hall–Kier alpha value is -2.63. The van der Waals surface area contributed by atoms with E-state index in [0.29, 0.717) is 24.2 Å². The first-order valence-corrected chi connectivity index (χ1v) is 8.38. The molecular formula is C18H22N4O2. The van der Waals surface area contributed by atoms with Gasteiger partial charge < -0.3 is 15.4 Å². The van der Waals surface area contributed by atoms with Crippen LogP contribution in [0.2, 0.25) is 0 Å². The molecule has 0 atom stereocenters. The fourth-order valence-electron chi connectivity index (χ4n) is 2.81. The lowest BCUT2D eigenvalue weighted by atomic mass is 10.2. The van der Waals surface area contributed by atoms with Gasteiger partial charge in [-0.15, -0.1) is 0 Å². The van der Waals surface area contributed by atoms with Crippen LogP contribution in [0.25, 0.3) is 0 Å². The Morgan fingerprint density at radius 2 is 1.96 bits per heavy atom. The van der Waals surface area contributed by atoms with Gasteiger partial charge in [0.15, 0.2) is 0 Å². The lowest BCUT2D eigenvalue weighted by molar-refractivity contribution is 0.0526. The Balaban J connectivity index is 1.63. The number of carbonyl (C=O) groups is 1. The Bertz CT molecular complexity index is 682. The summed E-state index contributed by atoms with van der Waals surface area (Å²) in [6, 6.07) is 9.46. The van der Waals surface area contributed by atoms with E-state index in [-0.39, 0.29) is 5.97 Å². The third kappa shape index (κ3) is 4.22. The number of nitrogens with one attached hydrogen (secondary N) is 2. The van der Waals surface area contributed by atoms with E-state index in [0.717, 1.165) is 11.5 Å². The molecule has 6 nitrogen and oxygen atoms in total. The average molecular weight is 326 g/mol. The number of anilines is 3. The first-order chi connectivity index (χ1) is 11.7. The van der Waals surface area contributed by atoms with E-state index in [4.69, 9.17) is 4.74 Å². The van der Waals surface area contributed by atoms with E-state index < -0.39 is 0 Å². The third-order valence-corrected chi connectivity index (χ3v) is 4.01. The zero-order valence-corrected chi connectivity index (χ0v) is 13.8. The maximum atomic E-state index is 11.6. The van der Waals surface area contributed by atoms with E-state index >= 15 is 0 Å². The summed E-state index contributed by atoms with van der Waals surface area (Å²) in [6.07, 6.45) is 6.69. The minimum Gasteiger partial charge on any atom is -0.462 e. The van der Waals surface area contributed by atoms with Gasteiger partial charge in [-0.25, -0.2) is 9.78 Å². The van der Waals surface area contributed by atoms with Gasteiger partial charge in [-0.2, -0.15) is 4.98 Å². The highest BCUT2D eigenvalue weighted by Gasteiger charge is 2.15. The minimum atomic E-state index is -0.317. The topological polar surface area (TPSA) is 76.1 Å². The van der Waals surface area contributed by atoms with E-state index in [1.54, 1.807) is 25.3 Å². The summed E-state index contributed by atoms with van der Waals surface area (Å²) in [6.45, 7) is 2.16. The van der Waals surface area contributed by atoms with Crippen LogP contribution in [-0.4, -0.2) is 28.6 Å². The smallest absolute Gasteiger partial charge is 0.338 e. The standard InChI is InChI=1S/C18H22N4O2/c1-2-24-17(23)13-7-9-15(10-8-13)21-18-19-12-11-16(22-18)20-14-5-3-4-6-14/h7-12,14H,2-6H2,1H3,(H2,19,20,21,22). The quantitative estimate of drug-likeness (QED) is 0.787. The number of esters is 1. The van der Waals surface area contributed by atoms with Gasteiger partial charge in [-0.3, -0.25) is 0 Å². The van der Waals surface area contributed by atoms with E-state index in [2.05, 4.69) is 20.6 Å². The molecule has 2 aromatic rings. The summed E-state index contributed by atoms with van der Waals surface area (Å²) in [5.41, 5.74) is 1.35. The van der Waals surface area contributed by atoms with E-state index in [9.17, 15) is 4.79 Å². The molecule has 24 heavy (non-hydrogen) atoms. The Morgan fingerprint density at radius 3 is 2.67 bits per heavy atom. The summed E-state index contributed by atoms with van der Waals surface area (Å²) < 4.78 is 4.97. The zero-order valence-electron chi connectivity index (χ0n) is 13.8. The third-order valence-electron chi connectivity index (χ3n) is 4.01. The number of hydrogen-bond donors (Lipinski definition) is 2. The molecule has 0 unspecified atom stereocenters. The SMILES string of the molecule is CCOC(=O)c1ccc(Nc2nccc(NC3CCCC3)n2)cc1. The average Bonchev–Trinajstić information content (AvgIpc) is 3.09. The van der Waals surface area contributed by atoms with Gasteiger partial charge in [0.05, 0.1) is 12.2 Å². The molecule has 6 heteroatoms. The van der Waals surface area contributed by atoms with Crippen LogP contribution in [0, 0.1) is 0 Å². The molecule has 0 bridgehead atoms. The number of nitrogens with zero attached hydrogens (tertiary/aromatic N) is 2. The zero-order chi connectivity index (χ0) is 16.8. The number of hydrogen-bond acceptors (Lipinski definition) is 6. The first-order valence-electron chi connectivity index (χ1n) is 8.38. The molecule has 1 aliphatic carbocycles. The van der Waals surface area contributed by atoms with Gasteiger partial charge in [-0.05, 0) is 50.1 Å². The van der Waals surface area contributed by atoms with Crippen molar-refractivity contribution in [3.8, 4) is 0 Å². The number of rotatable bonds is 6. The second-order valence-electron chi connectivity index (χ2n) is 5.81. The van der Waals surface area contributed by atoms with Crippen molar-refractivity contribution in [2.24, 2.45) is 0 Å². The fraction of sp³-hybridized carbons (Fsp3) is 0.389. The van der Waals surface area contributed by atoms with Gasteiger partial charge >= 0.3 is 5.97 Å². The molecule has 2 N–H and O–H groups in total. The van der Waals surface area contributed by atoms with Crippen molar-refractivity contribution in [2.75, 3.05) is 17.2 Å². The van der Waals surface area contributed by atoms with E-state index in [1.165, 1.54) is 25.7 Å². The molecule has 1 aromatic heterocycles. The minimum absolute atomic E-state index is 0.317. The molecule has 0 saturated heterocycles.